The number of sulfonamides is 1. The van der Waals surface area contributed by atoms with Gasteiger partial charge in [0.05, 0.1) is 14.7 Å². The van der Waals surface area contributed by atoms with Gasteiger partial charge in [0.2, 0.25) is 19.9 Å². The Morgan fingerprint density at radius 1 is 0.800 bits per heavy atom. The van der Waals surface area contributed by atoms with Gasteiger partial charge in [0.15, 0.2) is 0 Å². The molecule has 0 bridgehead atoms. The van der Waals surface area contributed by atoms with Crippen LogP contribution in [0.1, 0.15) is 0 Å². The van der Waals surface area contributed by atoms with E-state index in [1.165, 1.54) is 42.5 Å². The minimum atomic E-state index is -3.96. The molecule has 0 amide bonds. The standard InChI is InChI=1S/C12H10ClNO4S2/c13-9-4-6-10(7-5-9)19(15,16)11-2-1-3-12(8-11)20(14,17)18/h1-8H,(H2,14,17,18). The summed E-state index contributed by atoms with van der Waals surface area (Å²) in [5.41, 5.74) is 0. The van der Waals surface area contributed by atoms with E-state index in [0.717, 1.165) is 6.07 Å². The van der Waals surface area contributed by atoms with Crippen molar-refractivity contribution in [1.29, 1.82) is 0 Å². The fraction of sp³-hybridized carbons (Fsp3) is 0. The molecule has 106 valence electrons. The summed E-state index contributed by atoms with van der Waals surface area (Å²) in [4.78, 5) is -0.382. The molecule has 0 fully saturated rings. The molecular formula is C12H10ClNO4S2. The quantitative estimate of drug-likeness (QED) is 0.928. The molecule has 8 heteroatoms. The van der Waals surface area contributed by atoms with E-state index in [4.69, 9.17) is 16.7 Å². The number of benzene rings is 2. The van der Waals surface area contributed by atoms with E-state index in [2.05, 4.69) is 0 Å². The van der Waals surface area contributed by atoms with Gasteiger partial charge in [-0.3, -0.25) is 0 Å². The largest absolute Gasteiger partial charge is 0.238 e. The molecule has 2 aromatic rings. The fourth-order valence-electron chi connectivity index (χ4n) is 1.57. The van der Waals surface area contributed by atoms with Crippen LogP contribution in [0.15, 0.2) is 63.2 Å². The van der Waals surface area contributed by atoms with Crippen molar-refractivity contribution in [3.05, 3.63) is 53.6 Å². The maximum Gasteiger partial charge on any atom is 0.238 e. The lowest BCUT2D eigenvalue weighted by Gasteiger charge is -2.06. The van der Waals surface area contributed by atoms with Crippen molar-refractivity contribution in [3.63, 3.8) is 0 Å². The summed E-state index contributed by atoms with van der Waals surface area (Å²) in [6.45, 7) is 0. The molecule has 2 N–H and O–H groups in total. The Labute approximate surface area is 122 Å². The zero-order valence-electron chi connectivity index (χ0n) is 10.0. The lowest BCUT2D eigenvalue weighted by molar-refractivity contribution is 0.595. The zero-order chi connectivity index (χ0) is 15.0. The van der Waals surface area contributed by atoms with E-state index in [1.54, 1.807) is 0 Å². The Balaban J connectivity index is 2.58. The van der Waals surface area contributed by atoms with Crippen molar-refractivity contribution in [3.8, 4) is 0 Å². The number of hydrogen-bond donors (Lipinski definition) is 1. The SMILES string of the molecule is NS(=O)(=O)c1cccc(S(=O)(=O)c2ccc(Cl)cc2)c1. The van der Waals surface area contributed by atoms with E-state index in [0.29, 0.717) is 5.02 Å². The summed E-state index contributed by atoms with van der Waals surface area (Å²) in [6.07, 6.45) is 0. The van der Waals surface area contributed by atoms with Crippen LogP contribution in [-0.4, -0.2) is 16.8 Å². The Morgan fingerprint density at radius 2 is 1.35 bits per heavy atom. The Hall–Kier alpha value is -1.41. The van der Waals surface area contributed by atoms with Gasteiger partial charge in [-0.1, -0.05) is 17.7 Å². The van der Waals surface area contributed by atoms with E-state index in [9.17, 15) is 16.8 Å². The van der Waals surface area contributed by atoms with Gasteiger partial charge in [0.1, 0.15) is 0 Å². The van der Waals surface area contributed by atoms with Gasteiger partial charge in [-0.15, -0.1) is 0 Å². The van der Waals surface area contributed by atoms with Crippen LogP contribution in [0.5, 0.6) is 0 Å². The first-order valence-corrected chi connectivity index (χ1v) is 8.75. The van der Waals surface area contributed by atoms with Crippen molar-refractivity contribution in [2.45, 2.75) is 14.7 Å². The number of nitrogens with two attached hydrogens (primary N) is 1. The molecule has 0 aliphatic rings. The summed E-state index contributed by atoms with van der Waals surface area (Å²) < 4.78 is 47.2. The van der Waals surface area contributed by atoms with E-state index >= 15 is 0 Å². The monoisotopic (exact) mass is 331 g/mol. The maximum atomic E-state index is 12.3. The number of rotatable bonds is 3. The van der Waals surface area contributed by atoms with Gasteiger partial charge in [-0.05, 0) is 42.5 Å². The average molecular weight is 332 g/mol. The zero-order valence-corrected chi connectivity index (χ0v) is 12.4. The number of sulfone groups is 1. The summed E-state index contributed by atoms with van der Waals surface area (Å²) in [5, 5.41) is 5.39. The molecule has 0 spiro atoms. The molecule has 0 saturated carbocycles. The molecule has 0 atom stereocenters. The number of halogens is 1. The summed E-state index contributed by atoms with van der Waals surface area (Å²) in [7, 11) is -7.78. The van der Waals surface area contributed by atoms with E-state index < -0.39 is 19.9 Å². The van der Waals surface area contributed by atoms with Crippen LogP contribution >= 0.6 is 11.6 Å². The second-order valence-electron chi connectivity index (χ2n) is 3.98. The smallest absolute Gasteiger partial charge is 0.225 e. The van der Waals surface area contributed by atoms with Gasteiger partial charge >= 0.3 is 0 Å². The highest BCUT2D eigenvalue weighted by atomic mass is 35.5. The highest BCUT2D eigenvalue weighted by Crippen LogP contribution is 2.23. The lowest BCUT2D eigenvalue weighted by atomic mass is 10.4. The first-order chi connectivity index (χ1) is 9.21. The second kappa shape index (κ2) is 5.17. The van der Waals surface area contributed by atoms with Crippen molar-refractivity contribution < 1.29 is 16.8 Å². The third-order valence-electron chi connectivity index (χ3n) is 2.57. The lowest BCUT2D eigenvalue weighted by Crippen LogP contribution is -2.13. The topological polar surface area (TPSA) is 94.3 Å². The third kappa shape index (κ3) is 3.01. The molecule has 0 aliphatic heterocycles. The molecule has 0 radical (unpaired) electrons. The predicted octanol–water partition coefficient (Wildman–Crippen LogP) is 1.82. The minimum absolute atomic E-state index is 0.0217. The second-order valence-corrected chi connectivity index (χ2v) is 7.92. The molecule has 2 rings (SSSR count). The van der Waals surface area contributed by atoms with Crippen LogP contribution in [0.25, 0.3) is 0 Å². The van der Waals surface area contributed by atoms with Crippen molar-refractivity contribution in [2.24, 2.45) is 5.14 Å². The summed E-state index contributed by atoms with van der Waals surface area (Å²) in [5.74, 6) is 0. The van der Waals surface area contributed by atoms with Gasteiger partial charge in [-0.25, -0.2) is 22.0 Å². The van der Waals surface area contributed by atoms with Gasteiger partial charge < -0.3 is 0 Å². The highest BCUT2D eigenvalue weighted by molar-refractivity contribution is 7.91. The molecule has 2 aromatic carbocycles. The molecule has 5 nitrogen and oxygen atoms in total. The first kappa shape index (κ1) is 15.0. The van der Waals surface area contributed by atoms with Gasteiger partial charge in [0.25, 0.3) is 0 Å². The molecule has 0 heterocycles. The van der Waals surface area contributed by atoms with Crippen LogP contribution in [0.3, 0.4) is 0 Å². The van der Waals surface area contributed by atoms with Gasteiger partial charge in [-0.2, -0.15) is 0 Å². The molecule has 0 unspecified atom stereocenters. The van der Waals surface area contributed by atoms with Crippen LogP contribution < -0.4 is 5.14 Å². The number of hydrogen-bond acceptors (Lipinski definition) is 4. The molecular weight excluding hydrogens is 322 g/mol. The van der Waals surface area contributed by atoms with Crippen LogP contribution in [0, 0.1) is 0 Å². The Kier molecular flexibility index (Phi) is 3.88. The van der Waals surface area contributed by atoms with Crippen molar-refractivity contribution in [1.82, 2.24) is 0 Å². The molecule has 20 heavy (non-hydrogen) atoms. The van der Waals surface area contributed by atoms with E-state index in [1.807, 2.05) is 0 Å². The van der Waals surface area contributed by atoms with Crippen LogP contribution in [0.2, 0.25) is 5.02 Å². The summed E-state index contributed by atoms with van der Waals surface area (Å²) >= 11 is 5.70. The average Bonchev–Trinajstić information content (AvgIpc) is 2.38. The predicted molar refractivity (Wildman–Crippen MR) is 74.7 cm³/mol. The first-order valence-electron chi connectivity index (χ1n) is 5.35. The summed E-state index contributed by atoms with van der Waals surface area (Å²) in [6, 6.07) is 10.5. The minimum Gasteiger partial charge on any atom is -0.225 e. The van der Waals surface area contributed by atoms with Crippen LogP contribution in [-0.2, 0) is 19.9 Å². The molecule has 0 aromatic heterocycles. The maximum absolute atomic E-state index is 12.3. The van der Waals surface area contributed by atoms with Crippen molar-refractivity contribution >= 4 is 31.5 Å². The Morgan fingerprint density at radius 3 is 1.90 bits per heavy atom. The number of primary sulfonamides is 1. The highest BCUT2D eigenvalue weighted by Gasteiger charge is 2.19. The molecule has 0 aliphatic carbocycles. The fourth-order valence-corrected chi connectivity index (χ4v) is 3.63. The normalized spacial score (nSPS) is 12.3. The third-order valence-corrected chi connectivity index (χ3v) is 5.50. The van der Waals surface area contributed by atoms with Gasteiger partial charge in [0, 0.05) is 5.02 Å². The van der Waals surface area contributed by atoms with Crippen molar-refractivity contribution in [2.75, 3.05) is 0 Å². The van der Waals surface area contributed by atoms with E-state index in [-0.39, 0.29) is 14.7 Å². The molecule has 0 saturated heterocycles. The van der Waals surface area contributed by atoms with Crippen LogP contribution in [0.4, 0.5) is 0 Å². The Bertz CT molecular complexity index is 843.